The Balaban J connectivity index is 0.959. The topological polar surface area (TPSA) is 45.5 Å². The Hall–Kier alpha value is -11.1. The van der Waals surface area contributed by atoms with Crippen LogP contribution < -0.4 is 29.4 Å². The number of fused-ring (bicyclic) bond motifs is 7. The molecule has 0 aliphatic carbocycles. The SMILES string of the molecule is CN1c2ccccc2N(c2cccc(-c3ccc(-c4ccc(-c5nc6ccccc6o5)cc4)c(-c4cccc(N5c6ccccc6N(C)c6ccccc65)c4)c3-c3cccc(N4c5ccccc5N(C)c5ccccc54)c3)c2)c2ccccc21. The minimum atomic E-state index is 0.591. The van der Waals surface area contributed by atoms with Gasteiger partial charge in [-0.2, -0.15) is 0 Å². The Labute approximate surface area is 488 Å². The smallest absolute Gasteiger partial charge is 0.227 e. The summed E-state index contributed by atoms with van der Waals surface area (Å²) in [6.07, 6.45) is 0. The minimum absolute atomic E-state index is 0.591. The molecule has 0 amide bonds. The van der Waals surface area contributed by atoms with E-state index >= 15 is 0 Å². The molecule has 3 aliphatic heterocycles. The third kappa shape index (κ3) is 7.79. The normalized spacial score (nSPS) is 13.0. The summed E-state index contributed by atoms with van der Waals surface area (Å²) >= 11 is 0. The molecule has 12 aromatic carbocycles. The number of para-hydroxylation sites is 14. The first kappa shape index (κ1) is 48.8. The summed E-state index contributed by atoms with van der Waals surface area (Å²) in [5, 5.41) is 0. The molecule has 0 unspecified atom stereocenters. The molecule has 13 aromatic rings. The summed E-state index contributed by atoms with van der Waals surface area (Å²) in [6, 6.07) is 101. The van der Waals surface area contributed by atoms with Gasteiger partial charge >= 0.3 is 0 Å². The first-order valence-electron chi connectivity index (χ1n) is 28.5. The van der Waals surface area contributed by atoms with Gasteiger partial charge in [-0.15, -0.1) is 0 Å². The van der Waals surface area contributed by atoms with Crippen molar-refractivity contribution in [2.24, 2.45) is 0 Å². The van der Waals surface area contributed by atoms with E-state index in [2.05, 4.69) is 305 Å². The van der Waals surface area contributed by atoms with Gasteiger partial charge in [-0.05, 0) is 178 Å². The van der Waals surface area contributed by atoms with Crippen molar-refractivity contribution in [2.75, 3.05) is 50.5 Å². The molecule has 4 heterocycles. The molecule has 400 valence electrons. The summed E-state index contributed by atoms with van der Waals surface area (Å²) in [6.45, 7) is 0. The molecule has 1 aromatic heterocycles. The number of anilines is 15. The first-order chi connectivity index (χ1) is 41.4. The van der Waals surface area contributed by atoms with E-state index in [0.29, 0.717) is 5.89 Å². The number of hydrogen-bond acceptors (Lipinski definition) is 8. The summed E-state index contributed by atoms with van der Waals surface area (Å²) in [4.78, 5) is 19.1. The zero-order valence-corrected chi connectivity index (χ0v) is 46.6. The second-order valence-corrected chi connectivity index (χ2v) is 21.7. The molecule has 0 fully saturated rings. The Kier molecular flexibility index (Phi) is 11.4. The Morgan fingerprint density at radius 3 is 0.952 bits per heavy atom. The molecule has 16 rings (SSSR count). The molecular weight excluding hydrogens is 1030 g/mol. The number of benzene rings is 12. The van der Waals surface area contributed by atoms with Gasteiger partial charge in [-0.25, -0.2) is 4.98 Å². The maximum Gasteiger partial charge on any atom is 0.227 e. The molecule has 8 nitrogen and oxygen atoms in total. The van der Waals surface area contributed by atoms with Gasteiger partial charge in [0.2, 0.25) is 5.89 Å². The van der Waals surface area contributed by atoms with Crippen LogP contribution in [-0.2, 0) is 0 Å². The van der Waals surface area contributed by atoms with Crippen LogP contribution in [0.5, 0.6) is 0 Å². The number of oxazole rings is 1. The van der Waals surface area contributed by atoms with Gasteiger partial charge in [0.25, 0.3) is 0 Å². The monoisotopic (exact) mass is 1080 g/mol. The van der Waals surface area contributed by atoms with Gasteiger partial charge < -0.3 is 33.8 Å². The zero-order valence-electron chi connectivity index (χ0n) is 46.6. The first-order valence-corrected chi connectivity index (χ1v) is 28.5. The lowest BCUT2D eigenvalue weighted by Gasteiger charge is -2.39. The van der Waals surface area contributed by atoms with Crippen LogP contribution in [0.1, 0.15) is 0 Å². The number of nitrogens with zero attached hydrogens (tertiary/aromatic N) is 7. The molecule has 0 bridgehead atoms. The summed E-state index contributed by atoms with van der Waals surface area (Å²) < 4.78 is 6.34. The van der Waals surface area contributed by atoms with Crippen LogP contribution in [0.15, 0.2) is 283 Å². The summed E-state index contributed by atoms with van der Waals surface area (Å²) in [5.41, 5.74) is 28.0. The predicted octanol–water partition coefficient (Wildman–Crippen LogP) is 20.8. The van der Waals surface area contributed by atoms with Crippen molar-refractivity contribution in [1.82, 2.24) is 4.98 Å². The standard InChI is InChI=1S/C76H55N7O/c1-78-61-28-5-11-34-67(61)81(68-35-12-6-29-62(68)78)55-24-18-21-52(47-55)59-46-45-58(50-41-43-51(44-42-50)76-77-60-27-4-17-40-73(60)84-76)74(53-22-19-25-56(48-53)82-69-36-13-7-30-63(69)79(2)64-31-8-14-37-70(64)82)75(59)54-23-20-26-57(49-54)83-71-38-15-9-32-65(71)80(3)66-33-10-16-39-72(66)83/h4-49H,1-3H3. The fraction of sp³-hybridized carbons (Fsp3) is 0.0395. The van der Waals surface area contributed by atoms with Crippen molar-refractivity contribution < 1.29 is 4.42 Å². The average molecular weight is 1080 g/mol. The highest BCUT2D eigenvalue weighted by molar-refractivity contribution is 6.06. The van der Waals surface area contributed by atoms with E-state index in [1.165, 1.54) is 0 Å². The van der Waals surface area contributed by atoms with Gasteiger partial charge in [-0.3, -0.25) is 0 Å². The molecule has 8 heteroatoms. The van der Waals surface area contributed by atoms with Crippen molar-refractivity contribution in [3.63, 3.8) is 0 Å². The van der Waals surface area contributed by atoms with E-state index in [1.807, 2.05) is 24.3 Å². The van der Waals surface area contributed by atoms with Crippen LogP contribution in [0.4, 0.5) is 85.3 Å². The number of rotatable bonds is 8. The largest absolute Gasteiger partial charge is 0.436 e. The maximum atomic E-state index is 6.34. The average Bonchev–Trinajstić information content (AvgIpc) is 4.16. The van der Waals surface area contributed by atoms with Gasteiger partial charge in [0.05, 0.1) is 68.2 Å². The number of hydrogen-bond donors (Lipinski definition) is 0. The van der Waals surface area contributed by atoms with E-state index in [1.54, 1.807) is 0 Å². The van der Waals surface area contributed by atoms with Crippen LogP contribution in [0.2, 0.25) is 0 Å². The van der Waals surface area contributed by atoms with Gasteiger partial charge in [-0.1, -0.05) is 146 Å². The molecule has 0 spiro atoms. The van der Waals surface area contributed by atoms with Gasteiger partial charge in [0, 0.05) is 43.8 Å². The highest BCUT2D eigenvalue weighted by Gasteiger charge is 2.32. The molecule has 0 atom stereocenters. The van der Waals surface area contributed by atoms with Crippen molar-refractivity contribution in [3.05, 3.63) is 279 Å². The lowest BCUT2D eigenvalue weighted by molar-refractivity contribution is 0.620. The fourth-order valence-electron chi connectivity index (χ4n) is 13.1. The zero-order chi connectivity index (χ0) is 56.0. The highest BCUT2D eigenvalue weighted by Crippen LogP contribution is 2.56. The second kappa shape index (κ2) is 19.6. The number of aromatic nitrogens is 1. The van der Waals surface area contributed by atoms with E-state index in [4.69, 9.17) is 9.40 Å². The van der Waals surface area contributed by atoms with Crippen LogP contribution in [-0.4, -0.2) is 26.1 Å². The predicted molar refractivity (Wildman–Crippen MR) is 349 cm³/mol. The van der Waals surface area contributed by atoms with E-state index in [9.17, 15) is 0 Å². The quantitative estimate of drug-likeness (QED) is 0.149. The Bertz CT molecular complexity index is 4560. The van der Waals surface area contributed by atoms with E-state index < -0.39 is 0 Å². The lowest BCUT2D eigenvalue weighted by atomic mass is 9.82. The summed E-state index contributed by atoms with van der Waals surface area (Å²) in [7, 11) is 6.48. The van der Waals surface area contributed by atoms with Crippen molar-refractivity contribution in [1.29, 1.82) is 0 Å². The maximum absolute atomic E-state index is 6.34. The molecule has 0 N–H and O–H groups in total. The summed E-state index contributed by atoms with van der Waals surface area (Å²) in [5.74, 6) is 0.591. The van der Waals surface area contributed by atoms with E-state index in [0.717, 1.165) is 146 Å². The van der Waals surface area contributed by atoms with Crippen molar-refractivity contribution in [2.45, 2.75) is 0 Å². The third-order valence-electron chi connectivity index (χ3n) is 17.0. The molecule has 0 saturated heterocycles. The Morgan fingerprint density at radius 2 is 0.571 bits per heavy atom. The van der Waals surface area contributed by atoms with Crippen LogP contribution in [0.25, 0.3) is 67.1 Å². The molecule has 0 radical (unpaired) electrons. The van der Waals surface area contributed by atoms with Crippen LogP contribution in [0.3, 0.4) is 0 Å². The third-order valence-corrected chi connectivity index (χ3v) is 17.0. The fourth-order valence-corrected chi connectivity index (χ4v) is 13.1. The van der Waals surface area contributed by atoms with Crippen molar-refractivity contribution in [3.8, 4) is 56.0 Å². The molecule has 84 heavy (non-hydrogen) atoms. The molecular formula is C76H55N7O. The van der Waals surface area contributed by atoms with E-state index in [-0.39, 0.29) is 0 Å². The molecule has 0 saturated carbocycles. The van der Waals surface area contributed by atoms with Crippen molar-refractivity contribution >= 4 is 96.4 Å². The van der Waals surface area contributed by atoms with Gasteiger partial charge in [0.1, 0.15) is 5.52 Å². The van der Waals surface area contributed by atoms with Crippen LogP contribution in [0, 0.1) is 0 Å². The lowest BCUT2D eigenvalue weighted by Crippen LogP contribution is -2.24. The second-order valence-electron chi connectivity index (χ2n) is 21.7. The minimum Gasteiger partial charge on any atom is -0.436 e. The highest BCUT2D eigenvalue weighted by atomic mass is 16.3. The van der Waals surface area contributed by atoms with Gasteiger partial charge in [0.15, 0.2) is 5.58 Å². The molecule has 3 aliphatic rings. The van der Waals surface area contributed by atoms with Crippen LogP contribution >= 0.6 is 0 Å². The Morgan fingerprint density at radius 1 is 0.262 bits per heavy atom.